The first kappa shape index (κ1) is 15.8. The zero-order chi connectivity index (χ0) is 15.1. The summed E-state index contributed by atoms with van der Waals surface area (Å²) in [4.78, 5) is 14.4. The molecule has 4 nitrogen and oxygen atoms in total. The van der Waals surface area contributed by atoms with Gasteiger partial charge in [-0.3, -0.25) is 4.79 Å². The first-order valence-corrected chi connectivity index (χ1v) is 8.03. The van der Waals surface area contributed by atoms with E-state index in [0.717, 1.165) is 32.5 Å². The lowest BCUT2D eigenvalue weighted by Gasteiger charge is -2.25. The lowest BCUT2D eigenvalue weighted by atomic mass is 10.0. The third-order valence-electron chi connectivity index (χ3n) is 4.06. The van der Waals surface area contributed by atoms with Crippen LogP contribution in [0, 0.1) is 6.92 Å². The Hall–Kier alpha value is -1.55. The second-order valence-electron chi connectivity index (χ2n) is 5.71. The summed E-state index contributed by atoms with van der Waals surface area (Å²) >= 11 is 0. The molecule has 0 aromatic heterocycles. The van der Waals surface area contributed by atoms with Gasteiger partial charge in [-0.05, 0) is 50.9 Å². The van der Waals surface area contributed by atoms with E-state index < -0.39 is 0 Å². The van der Waals surface area contributed by atoms with Crippen LogP contribution in [0.5, 0.6) is 0 Å². The molecule has 0 aliphatic carbocycles. The minimum Gasteiger partial charge on any atom is -0.370 e. The molecule has 1 saturated heterocycles. The van der Waals surface area contributed by atoms with Gasteiger partial charge < -0.3 is 15.5 Å². The molecule has 4 heteroatoms. The number of hydrogen-bond acceptors (Lipinski definition) is 3. The van der Waals surface area contributed by atoms with Crippen molar-refractivity contribution in [2.75, 3.05) is 31.1 Å². The Balaban J connectivity index is 1.79. The maximum atomic E-state index is 12.1. The highest BCUT2D eigenvalue weighted by Crippen LogP contribution is 2.15. The number of nitrogens with zero attached hydrogens (tertiary/aromatic N) is 1. The summed E-state index contributed by atoms with van der Waals surface area (Å²) < 4.78 is 0. The van der Waals surface area contributed by atoms with Crippen molar-refractivity contribution in [3.8, 4) is 0 Å². The molecule has 1 aromatic carbocycles. The minimum atomic E-state index is 0.00722. The second-order valence-corrected chi connectivity index (χ2v) is 5.71. The Kier molecular flexibility index (Phi) is 6.05. The Morgan fingerprint density at radius 3 is 2.95 bits per heavy atom. The van der Waals surface area contributed by atoms with Crippen LogP contribution < -0.4 is 15.5 Å². The van der Waals surface area contributed by atoms with Crippen LogP contribution in [0.3, 0.4) is 0 Å². The summed E-state index contributed by atoms with van der Waals surface area (Å²) in [5.74, 6) is 0.148. The van der Waals surface area contributed by atoms with Crippen LogP contribution in [0.4, 0.5) is 5.69 Å². The van der Waals surface area contributed by atoms with Crippen molar-refractivity contribution in [1.82, 2.24) is 10.6 Å². The molecule has 1 heterocycles. The van der Waals surface area contributed by atoms with Crippen molar-refractivity contribution in [3.63, 3.8) is 0 Å². The fourth-order valence-corrected chi connectivity index (χ4v) is 2.81. The van der Waals surface area contributed by atoms with Crippen LogP contribution in [-0.2, 0) is 4.79 Å². The van der Waals surface area contributed by atoms with Gasteiger partial charge in [-0.1, -0.05) is 18.6 Å². The molecule has 1 aromatic rings. The van der Waals surface area contributed by atoms with E-state index in [4.69, 9.17) is 0 Å². The third kappa shape index (κ3) is 4.74. The number of benzene rings is 1. The molecule has 0 spiro atoms. The Morgan fingerprint density at radius 2 is 2.29 bits per heavy atom. The molecule has 0 bridgehead atoms. The molecule has 1 fully saturated rings. The van der Waals surface area contributed by atoms with Crippen molar-refractivity contribution in [1.29, 1.82) is 0 Å². The normalized spacial score (nSPS) is 18.3. The molecule has 1 aliphatic heterocycles. The molecule has 116 valence electrons. The van der Waals surface area contributed by atoms with Crippen molar-refractivity contribution >= 4 is 11.6 Å². The summed E-state index contributed by atoms with van der Waals surface area (Å²) in [5.41, 5.74) is 2.49. The maximum absolute atomic E-state index is 12.1. The summed E-state index contributed by atoms with van der Waals surface area (Å²) in [6, 6.07) is 8.51. The first-order valence-electron chi connectivity index (χ1n) is 8.03. The van der Waals surface area contributed by atoms with Gasteiger partial charge in [-0.25, -0.2) is 0 Å². The summed E-state index contributed by atoms with van der Waals surface area (Å²) in [7, 11) is 0. The van der Waals surface area contributed by atoms with Gasteiger partial charge in [-0.2, -0.15) is 0 Å². The monoisotopic (exact) mass is 289 g/mol. The largest absolute Gasteiger partial charge is 0.370 e. The molecule has 2 rings (SSSR count). The fraction of sp³-hybridized carbons (Fsp3) is 0.588. The lowest BCUT2D eigenvalue weighted by molar-refractivity contribution is -0.123. The topological polar surface area (TPSA) is 44.4 Å². The van der Waals surface area contributed by atoms with Gasteiger partial charge in [0.2, 0.25) is 5.91 Å². The maximum Gasteiger partial charge on any atom is 0.237 e. The smallest absolute Gasteiger partial charge is 0.237 e. The number of hydrogen-bond donors (Lipinski definition) is 2. The van der Waals surface area contributed by atoms with Gasteiger partial charge in [-0.15, -0.1) is 0 Å². The van der Waals surface area contributed by atoms with Crippen LogP contribution in [0.1, 0.15) is 31.7 Å². The second kappa shape index (κ2) is 8.03. The summed E-state index contributed by atoms with van der Waals surface area (Å²) in [5, 5.41) is 6.34. The molecule has 1 atom stereocenters. The standard InChI is InChI=1S/C17H27N3O/c1-3-20(15-8-6-7-14(2)13-15)12-11-19-17(21)16-9-4-5-10-18-16/h6-8,13,16,18H,3-5,9-12H2,1-2H3,(H,19,21)/t16-/m1/s1. The highest BCUT2D eigenvalue weighted by molar-refractivity contribution is 5.81. The first-order chi connectivity index (χ1) is 10.2. The van der Waals surface area contributed by atoms with Gasteiger partial charge in [0.05, 0.1) is 6.04 Å². The summed E-state index contributed by atoms with van der Waals surface area (Å²) in [6.45, 7) is 7.70. The number of carbonyl (C=O) groups is 1. The minimum absolute atomic E-state index is 0.00722. The average molecular weight is 289 g/mol. The van der Waals surface area contributed by atoms with E-state index in [1.54, 1.807) is 0 Å². The molecule has 0 saturated carbocycles. The Labute approximate surface area is 127 Å². The van der Waals surface area contributed by atoms with Gasteiger partial charge in [0.1, 0.15) is 0 Å². The van der Waals surface area contributed by atoms with Crippen molar-refractivity contribution < 1.29 is 4.79 Å². The summed E-state index contributed by atoms with van der Waals surface area (Å²) in [6.07, 6.45) is 3.29. The Bertz CT molecular complexity index is 455. The SMILES string of the molecule is CCN(CCNC(=O)[C@H]1CCCCN1)c1cccc(C)c1. The number of anilines is 1. The number of amides is 1. The van der Waals surface area contributed by atoms with Crippen LogP contribution >= 0.6 is 0 Å². The third-order valence-corrected chi connectivity index (χ3v) is 4.06. The zero-order valence-corrected chi connectivity index (χ0v) is 13.2. The van der Waals surface area contributed by atoms with Crippen molar-refractivity contribution in [2.45, 2.75) is 39.2 Å². The van der Waals surface area contributed by atoms with Crippen molar-refractivity contribution in [3.05, 3.63) is 29.8 Å². The Morgan fingerprint density at radius 1 is 1.43 bits per heavy atom. The van der Waals surface area contributed by atoms with Crippen LogP contribution in [-0.4, -0.2) is 38.1 Å². The van der Waals surface area contributed by atoms with E-state index in [1.165, 1.54) is 17.7 Å². The zero-order valence-electron chi connectivity index (χ0n) is 13.2. The lowest BCUT2D eigenvalue weighted by Crippen LogP contribution is -2.48. The van der Waals surface area contributed by atoms with E-state index in [0.29, 0.717) is 6.54 Å². The molecular formula is C17H27N3O. The predicted molar refractivity (Wildman–Crippen MR) is 87.7 cm³/mol. The number of piperidine rings is 1. The van der Waals surface area contributed by atoms with E-state index >= 15 is 0 Å². The number of aryl methyl sites for hydroxylation is 1. The van der Waals surface area contributed by atoms with E-state index in [-0.39, 0.29) is 11.9 Å². The average Bonchev–Trinajstić information content (AvgIpc) is 2.52. The number of carbonyl (C=O) groups excluding carboxylic acids is 1. The van der Waals surface area contributed by atoms with Gasteiger partial charge >= 0.3 is 0 Å². The quantitative estimate of drug-likeness (QED) is 0.843. The van der Waals surface area contributed by atoms with Crippen molar-refractivity contribution in [2.24, 2.45) is 0 Å². The number of rotatable bonds is 6. The molecule has 1 aliphatic rings. The van der Waals surface area contributed by atoms with Crippen LogP contribution in [0.2, 0.25) is 0 Å². The van der Waals surface area contributed by atoms with E-state index in [1.807, 2.05) is 0 Å². The molecule has 0 unspecified atom stereocenters. The van der Waals surface area contributed by atoms with Gasteiger partial charge in [0.15, 0.2) is 0 Å². The molecule has 21 heavy (non-hydrogen) atoms. The van der Waals surface area contributed by atoms with Crippen LogP contribution in [0.15, 0.2) is 24.3 Å². The van der Waals surface area contributed by atoms with Crippen LogP contribution in [0.25, 0.3) is 0 Å². The van der Waals surface area contributed by atoms with Gasteiger partial charge in [0, 0.05) is 25.3 Å². The predicted octanol–water partition coefficient (Wildman–Crippen LogP) is 2.08. The fourth-order valence-electron chi connectivity index (χ4n) is 2.81. The van der Waals surface area contributed by atoms with Gasteiger partial charge in [0.25, 0.3) is 0 Å². The molecular weight excluding hydrogens is 262 g/mol. The number of likely N-dealkylation sites (N-methyl/N-ethyl adjacent to an activating group) is 1. The number of nitrogens with one attached hydrogen (secondary N) is 2. The molecule has 2 N–H and O–H groups in total. The highest BCUT2D eigenvalue weighted by atomic mass is 16.2. The molecule has 1 amide bonds. The highest BCUT2D eigenvalue weighted by Gasteiger charge is 2.19. The van der Waals surface area contributed by atoms with E-state index in [2.05, 4.69) is 53.6 Å². The van der Waals surface area contributed by atoms with E-state index in [9.17, 15) is 4.79 Å². The molecule has 0 radical (unpaired) electrons.